The second-order valence-electron chi connectivity index (χ2n) is 3.18. The van der Waals surface area contributed by atoms with Crippen molar-refractivity contribution in [3.05, 3.63) is 29.7 Å². The molecule has 1 aromatic carbocycles. The number of nitrogens with two attached hydrogens (primary N) is 1. The molecule has 72 valence electrons. The van der Waals surface area contributed by atoms with Gasteiger partial charge in [0.05, 0.1) is 6.42 Å². The van der Waals surface area contributed by atoms with Crippen LogP contribution in [0.15, 0.2) is 22.6 Å². The monoisotopic (exact) mass is 190 g/mol. The maximum atomic E-state index is 10.7. The van der Waals surface area contributed by atoms with Gasteiger partial charge in [-0.15, -0.1) is 0 Å². The van der Waals surface area contributed by atoms with Gasteiger partial charge in [0.15, 0.2) is 11.5 Å². The number of benzene rings is 1. The van der Waals surface area contributed by atoms with Crippen molar-refractivity contribution < 1.29 is 9.21 Å². The summed E-state index contributed by atoms with van der Waals surface area (Å²) >= 11 is 0. The van der Waals surface area contributed by atoms with E-state index >= 15 is 0 Å². The molecule has 0 bridgehead atoms. The second-order valence-corrected chi connectivity index (χ2v) is 3.18. The van der Waals surface area contributed by atoms with Gasteiger partial charge >= 0.3 is 0 Å². The molecule has 1 amide bonds. The molecule has 0 aliphatic rings. The van der Waals surface area contributed by atoms with Gasteiger partial charge in [0.1, 0.15) is 5.52 Å². The molecular formula is C10H10N2O2. The zero-order chi connectivity index (χ0) is 10.1. The molecule has 0 fully saturated rings. The Morgan fingerprint density at radius 1 is 1.57 bits per heavy atom. The SMILES string of the molecule is Cc1nc2cc(CC(N)=O)ccc2o1. The molecule has 0 saturated carbocycles. The topological polar surface area (TPSA) is 69.1 Å². The average Bonchev–Trinajstić information content (AvgIpc) is 2.42. The maximum absolute atomic E-state index is 10.7. The van der Waals surface area contributed by atoms with Crippen LogP contribution in [0.5, 0.6) is 0 Å². The molecule has 0 aliphatic heterocycles. The fraction of sp³-hybridized carbons (Fsp3) is 0.200. The zero-order valence-electron chi connectivity index (χ0n) is 7.78. The van der Waals surface area contributed by atoms with E-state index in [1.54, 1.807) is 13.0 Å². The highest BCUT2D eigenvalue weighted by Crippen LogP contribution is 2.16. The molecule has 0 spiro atoms. The number of amides is 1. The van der Waals surface area contributed by atoms with Crippen molar-refractivity contribution in [1.82, 2.24) is 4.98 Å². The Balaban J connectivity index is 2.45. The van der Waals surface area contributed by atoms with Crippen LogP contribution in [-0.2, 0) is 11.2 Å². The van der Waals surface area contributed by atoms with Gasteiger partial charge in [-0.05, 0) is 17.7 Å². The number of oxazole rings is 1. The summed E-state index contributed by atoms with van der Waals surface area (Å²) in [7, 11) is 0. The smallest absolute Gasteiger partial charge is 0.221 e. The standard InChI is InChI=1S/C10H10N2O2/c1-6-12-8-4-7(5-10(11)13)2-3-9(8)14-6/h2-4H,5H2,1H3,(H2,11,13). The lowest BCUT2D eigenvalue weighted by atomic mass is 10.1. The summed E-state index contributed by atoms with van der Waals surface area (Å²) in [5.41, 5.74) is 7.45. The number of carbonyl (C=O) groups excluding carboxylic acids is 1. The minimum absolute atomic E-state index is 0.238. The van der Waals surface area contributed by atoms with Gasteiger partial charge in [-0.3, -0.25) is 4.79 Å². The number of hydrogen-bond donors (Lipinski definition) is 1. The lowest BCUT2D eigenvalue weighted by molar-refractivity contribution is -0.117. The highest BCUT2D eigenvalue weighted by Gasteiger charge is 2.04. The van der Waals surface area contributed by atoms with Crippen molar-refractivity contribution in [3.8, 4) is 0 Å². The van der Waals surface area contributed by atoms with E-state index in [9.17, 15) is 4.79 Å². The van der Waals surface area contributed by atoms with E-state index in [2.05, 4.69) is 4.98 Å². The van der Waals surface area contributed by atoms with Gasteiger partial charge < -0.3 is 10.2 Å². The van der Waals surface area contributed by atoms with Gasteiger partial charge in [-0.1, -0.05) is 6.07 Å². The summed E-state index contributed by atoms with van der Waals surface area (Å²) in [6.07, 6.45) is 0.238. The molecule has 0 radical (unpaired) electrons. The Bertz CT molecular complexity index is 488. The molecule has 4 heteroatoms. The van der Waals surface area contributed by atoms with E-state index in [0.717, 1.165) is 16.7 Å². The van der Waals surface area contributed by atoms with E-state index < -0.39 is 0 Å². The minimum atomic E-state index is -0.343. The molecular weight excluding hydrogens is 180 g/mol. The van der Waals surface area contributed by atoms with Crippen LogP contribution in [0.25, 0.3) is 11.1 Å². The first-order valence-electron chi connectivity index (χ1n) is 4.29. The number of primary amides is 1. The van der Waals surface area contributed by atoms with Crippen molar-refractivity contribution in [1.29, 1.82) is 0 Å². The van der Waals surface area contributed by atoms with Crippen LogP contribution in [0, 0.1) is 6.92 Å². The van der Waals surface area contributed by atoms with Crippen LogP contribution < -0.4 is 5.73 Å². The first kappa shape index (κ1) is 8.74. The first-order valence-corrected chi connectivity index (χ1v) is 4.29. The van der Waals surface area contributed by atoms with Gasteiger partial charge in [-0.2, -0.15) is 0 Å². The fourth-order valence-corrected chi connectivity index (χ4v) is 1.40. The summed E-state index contributed by atoms with van der Waals surface area (Å²) in [5, 5.41) is 0. The number of aromatic nitrogens is 1. The summed E-state index contributed by atoms with van der Waals surface area (Å²) in [5.74, 6) is 0.279. The molecule has 0 saturated heterocycles. The normalized spacial score (nSPS) is 10.6. The van der Waals surface area contributed by atoms with E-state index in [0.29, 0.717) is 5.89 Å². The molecule has 0 atom stereocenters. The van der Waals surface area contributed by atoms with Crippen molar-refractivity contribution in [2.75, 3.05) is 0 Å². The first-order chi connectivity index (χ1) is 6.65. The lowest BCUT2D eigenvalue weighted by Crippen LogP contribution is -2.13. The molecule has 2 N–H and O–H groups in total. The quantitative estimate of drug-likeness (QED) is 0.772. The molecule has 1 heterocycles. The fourth-order valence-electron chi connectivity index (χ4n) is 1.40. The largest absolute Gasteiger partial charge is 0.441 e. The lowest BCUT2D eigenvalue weighted by Gasteiger charge is -1.95. The number of rotatable bonds is 2. The van der Waals surface area contributed by atoms with Crippen molar-refractivity contribution in [3.63, 3.8) is 0 Å². The molecule has 2 aromatic rings. The molecule has 1 aromatic heterocycles. The third kappa shape index (κ3) is 1.59. The third-order valence-corrected chi connectivity index (χ3v) is 1.94. The summed E-state index contributed by atoms with van der Waals surface area (Å²) in [6.45, 7) is 1.79. The van der Waals surface area contributed by atoms with Crippen LogP contribution in [0.1, 0.15) is 11.5 Å². The predicted molar refractivity (Wildman–Crippen MR) is 51.6 cm³/mol. The number of nitrogens with zero attached hydrogens (tertiary/aromatic N) is 1. The van der Waals surface area contributed by atoms with Crippen LogP contribution in [0.3, 0.4) is 0 Å². The van der Waals surface area contributed by atoms with E-state index in [1.165, 1.54) is 0 Å². The van der Waals surface area contributed by atoms with E-state index in [-0.39, 0.29) is 12.3 Å². The van der Waals surface area contributed by atoms with Gasteiger partial charge in [0, 0.05) is 6.92 Å². The van der Waals surface area contributed by atoms with Crippen LogP contribution >= 0.6 is 0 Å². The Morgan fingerprint density at radius 3 is 3.07 bits per heavy atom. The number of fused-ring (bicyclic) bond motifs is 1. The van der Waals surface area contributed by atoms with Crippen LogP contribution in [0.2, 0.25) is 0 Å². The predicted octanol–water partition coefficient (Wildman–Crippen LogP) is 1.16. The Hall–Kier alpha value is -1.84. The van der Waals surface area contributed by atoms with Gasteiger partial charge in [-0.25, -0.2) is 4.98 Å². The highest BCUT2D eigenvalue weighted by atomic mass is 16.3. The number of hydrogen-bond acceptors (Lipinski definition) is 3. The van der Waals surface area contributed by atoms with Crippen LogP contribution in [-0.4, -0.2) is 10.9 Å². The Labute approximate surface area is 80.7 Å². The third-order valence-electron chi connectivity index (χ3n) is 1.94. The van der Waals surface area contributed by atoms with E-state index in [4.69, 9.17) is 10.2 Å². The zero-order valence-corrected chi connectivity index (χ0v) is 7.78. The summed E-state index contributed by atoms with van der Waals surface area (Å²) in [6, 6.07) is 5.43. The maximum Gasteiger partial charge on any atom is 0.221 e. The molecule has 2 rings (SSSR count). The minimum Gasteiger partial charge on any atom is -0.441 e. The number of aryl methyl sites for hydroxylation is 1. The average molecular weight is 190 g/mol. The highest BCUT2D eigenvalue weighted by molar-refractivity contribution is 5.79. The molecule has 0 aliphatic carbocycles. The van der Waals surface area contributed by atoms with Gasteiger partial charge in [0.2, 0.25) is 5.91 Å². The van der Waals surface area contributed by atoms with Crippen molar-refractivity contribution in [2.45, 2.75) is 13.3 Å². The number of carbonyl (C=O) groups is 1. The van der Waals surface area contributed by atoms with Gasteiger partial charge in [0.25, 0.3) is 0 Å². The van der Waals surface area contributed by atoms with Crippen molar-refractivity contribution >= 4 is 17.0 Å². The Kier molecular flexibility index (Phi) is 1.96. The van der Waals surface area contributed by atoms with E-state index in [1.807, 2.05) is 12.1 Å². The van der Waals surface area contributed by atoms with Crippen LogP contribution in [0.4, 0.5) is 0 Å². The van der Waals surface area contributed by atoms with Crippen molar-refractivity contribution in [2.24, 2.45) is 5.73 Å². The molecule has 4 nitrogen and oxygen atoms in total. The Morgan fingerprint density at radius 2 is 2.36 bits per heavy atom. The summed E-state index contributed by atoms with van der Waals surface area (Å²) in [4.78, 5) is 14.9. The summed E-state index contributed by atoms with van der Waals surface area (Å²) < 4.78 is 5.30. The molecule has 14 heavy (non-hydrogen) atoms. The molecule has 0 unspecified atom stereocenters. The second kappa shape index (κ2) is 3.14.